The van der Waals surface area contributed by atoms with E-state index in [1.165, 1.54) is 7.11 Å². The number of carbonyl (C=O) groups is 1. The number of aliphatic hydroxyl groups excluding tert-OH is 1. The van der Waals surface area contributed by atoms with Crippen LogP contribution in [0.2, 0.25) is 0 Å². The van der Waals surface area contributed by atoms with E-state index in [2.05, 4.69) is 0 Å². The van der Waals surface area contributed by atoms with Crippen molar-refractivity contribution in [2.45, 2.75) is 44.9 Å². The quantitative estimate of drug-likeness (QED) is 0.703. The average molecular weight is 201 g/mol. The maximum Gasteiger partial charge on any atom is 0.251 e. The number of carbonyl (C=O) groups excluding carboxylic acids is 1. The first-order chi connectivity index (χ1) is 6.41. The van der Waals surface area contributed by atoms with E-state index < -0.39 is 17.7 Å². The summed E-state index contributed by atoms with van der Waals surface area (Å²) in [5.41, 5.74) is -0.468. The molecule has 1 heterocycles. The highest BCUT2D eigenvalue weighted by Crippen LogP contribution is 2.29. The minimum atomic E-state index is -0.468. The fourth-order valence-electron chi connectivity index (χ4n) is 1.79. The molecule has 2 unspecified atom stereocenters. The molecule has 1 saturated heterocycles. The van der Waals surface area contributed by atoms with E-state index in [0.29, 0.717) is 13.0 Å². The fourth-order valence-corrected chi connectivity index (χ4v) is 1.79. The maximum atomic E-state index is 11.8. The molecule has 4 heteroatoms. The van der Waals surface area contributed by atoms with Gasteiger partial charge in [0.1, 0.15) is 6.10 Å². The summed E-state index contributed by atoms with van der Waals surface area (Å²) >= 11 is 0. The molecule has 0 aliphatic carbocycles. The first-order valence-corrected chi connectivity index (χ1v) is 4.93. The van der Waals surface area contributed by atoms with Crippen molar-refractivity contribution in [3.8, 4) is 0 Å². The maximum absolute atomic E-state index is 11.8. The Bertz CT molecular complexity index is 227. The van der Waals surface area contributed by atoms with Crippen LogP contribution < -0.4 is 0 Å². The normalized spacial score (nSPS) is 27.8. The third-order valence-corrected chi connectivity index (χ3v) is 3.10. The minimum absolute atomic E-state index is 0.0472. The molecule has 0 saturated carbocycles. The predicted octanol–water partition coefficient (Wildman–Crippen LogP) is 0.393. The zero-order valence-electron chi connectivity index (χ0n) is 9.28. The lowest BCUT2D eigenvalue weighted by atomic mass is 9.98. The van der Waals surface area contributed by atoms with E-state index >= 15 is 0 Å². The predicted molar refractivity (Wildman–Crippen MR) is 52.9 cm³/mol. The number of methoxy groups -OCH3 is 1. The second-order valence-electron chi connectivity index (χ2n) is 4.33. The number of rotatable bonds is 2. The Morgan fingerprint density at radius 1 is 1.64 bits per heavy atom. The van der Waals surface area contributed by atoms with Crippen LogP contribution in [0.3, 0.4) is 0 Å². The fraction of sp³-hybridized carbons (Fsp3) is 0.900. The summed E-state index contributed by atoms with van der Waals surface area (Å²) < 4.78 is 4.98. The van der Waals surface area contributed by atoms with Crippen molar-refractivity contribution in [3.63, 3.8) is 0 Å². The van der Waals surface area contributed by atoms with Gasteiger partial charge in [-0.1, -0.05) is 0 Å². The van der Waals surface area contributed by atoms with Crippen LogP contribution in [0.4, 0.5) is 0 Å². The molecule has 14 heavy (non-hydrogen) atoms. The number of hydrogen-bond acceptors (Lipinski definition) is 3. The van der Waals surface area contributed by atoms with Crippen molar-refractivity contribution in [2.75, 3.05) is 13.7 Å². The molecular formula is C10H19NO3. The smallest absolute Gasteiger partial charge is 0.251 e. The molecule has 0 aromatic heterocycles. The summed E-state index contributed by atoms with van der Waals surface area (Å²) in [5, 5.41) is 9.70. The van der Waals surface area contributed by atoms with Crippen LogP contribution in [0.25, 0.3) is 0 Å². The van der Waals surface area contributed by atoms with E-state index in [9.17, 15) is 9.90 Å². The van der Waals surface area contributed by atoms with Crippen LogP contribution in [0.15, 0.2) is 0 Å². The first kappa shape index (κ1) is 11.5. The third-order valence-electron chi connectivity index (χ3n) is 3.10. The zero-order chi connectivity index (χ0) is 10.9. The Morgan fingerprint density at radius 3 is 2.57 bits per heavy atom. The number of hydrogen-bond donors (Lipinski definition) is 1. The molecule has 0 aromatic rings. The third kappa shape index (κ3) is 1.77. The van der Waals surface area contributed by atoms with Crippen molar-refractivity contribution in [1.29, 1.82) is 0 Å². The second-order valence-corrected chi connectivity index (χ2v) is 4.33. The molecule has 0 spiro atoms. The highest BCUT2D eigenvalue weighted by atomic mass is 16.5. The number of ether oxygens (including phenoxy) is 1. The van der Waals surface area contributed by atoms with Gasteiger partial charge in [-0.15, -0.1) is 0 Å². The Morgan fingerprint density at radius 2 is 2.21 bits per heavy atom. The SMILES string of the molecule is COC(C)C(=O)N1CCC(O)C1(C)C. The van der Waals surface area contributed by atoms with E-state index in [1.54, 1.807) is 11.8 Å². The van der Waals surface area contributed by atoms with Gasteiger partial charge in [0.2, 0.25) is 0 Å². The first-order valence-electron chi connectivity index (χ1n) is 4.93. The van der Waals surface area contributed by atoms with Gasteiger partial charge in [0.25, 0.3) is 5.91 Å². The number of amides is 1. The standard InChI is InChI=1S/C10H19NO3/c1-7(14-4)9(13)11-6-5-8(12)10(11,2)3/h7-8,12H,5-6H2,1-4H3. The Labute approximate surface area is 84.8 Å². The zero-order valence-corrected chi connectivity index (χ0v) is 9.28. The topological polar surface area (TPSA) is 49.8 Å². The van der Waals surface area contributed by atoms with E-state index in [1.807, 2.05) is 13.8 Å². The Hall–Kier alpha value is -0.610. The molecule has 0 radical (unpaired) electrons. The number of aliphatic hydroxyl groups is 1. The molecule has 0 bridgehead atoms. The average Bonchev–Trinajstić information content (AvgIpc) is 2.40. The van der Waals surface area contributed by atoms with E-state index in [0.717, 1.165) is 0 Å². The molecule has 4 nitrogen and oxygen atoms in total. The molecule has 2 atom stereocenters. The van der Waals surface area contributed by atoms with Gasteiger partial charge in [0.15, 0.2) is 0 Å². The van der Waals surface area contributed by atoms with Crippen molar-refractivity contribution in [3.05, 3.63) is 0 Å². The number of likely N-dealkylation sites (tertiary alicyclic amines) is 1. The van der Waals surface area contributed by atoms with Crippen LogP contribution in [0, 0.1) is 0 Å². The Balaban J connectivity index is 2.75. The molecule has 1 N–H and O–H groups in total. The van der Waals surface area contributed by atoms with Crippen LogP contribution in [-0.2, 0) is 9.53 Å². The molecule has 1 aliphatic heterocycles. The summed E-state index contributed by atoms with van der Waals surface area (Å²) in [6, 6.07) is 0. The molecule has 82 valence electrons. The molecule has 1 rings (SSSR count). The van der Waals surface area contributed by atoms with Gasteiger partial charge in [0.05, 0.1) is 11.6 Å². The highest BCUT2D eigenvalue weighted by molar-refractivity contribution is 5.81. The van der Waals surface area contributed by atoms with Gasteiger partial charge in [-0.3, -0.25) is 4.79 Å². The van der Waals surface area contributed by atoms with Gasteiger partial charge in [-0.05, 0) is 27.2 Å². The lowest BCUT2D eigenvalue weighted by molar-refractivity contribution is -0.145. The van der Waals surface area contributed by atoms with Gasteiger partial charge >= 0.3 is 0 Å². The summed E-state index contributed by atoms with van der Waals surface area (Å²) in [7, 11) is 1.52. The molecule has 1 aliphatic rings. The lowest BCUT2D eigenvalue weighted by Gasteiger charge is -2.35. The molecule has 1 fully saturated rings. The molecular weight excluding hydrogens is 182 g/mol. The second kappa shape index (κ2) is 3.87. The Kier molecular flexibility index (Phi) is 3.17. The highest BCUT2D eigenvalue weighted by Gasteiger charge is 2.43. The van der Waals surface area contributed by atoms with Crippen molar-refractivity contribution < 1.29 is 14.6 Å². The van der Waals surface area contributed by atoms with Gasteiger partial charge in [0, 0.05) is 13.7 Å². The molecule has 0 aromatic carbocycles. The molecule has 1 amide bonds. The summed E-state index contributed by atoms with van der Waals surface area (Å²) in [4.78, 5) is 13.5. The lowest BCUT2D eigenvalue weighted by Crippen LogP contribution is -2.51. The summed E-state index contributed by atoms with van der Waals surface area (Å²) in [6.07, 6.45) is -0.218. The van der Waals surface area contributed by atoms with Crippen LogP contribution in [0.5, 0.6) is 0 Å². The largest absolute Gasteiger partial charge is 0.391 e. The van der Waals surface area contributed by atoms with Crippen LogP contribution in [0.1, 0.15) is 27.2 Å². The van der Waals surface area contributed by atoms with E-state index in [-0.39, 0.29) is 5.91 Å². The van der Waals surface area contributed by atoms with Crippen molar-refractivity contribution >= 4 is 5.91 Å². The number of nitrogens with zero attached hydrogens (tertiary/aromatic N) is 1. The van der Waals surface area contributed by atoms with Crippen molar-refractivity contribution in [1.82, 2.24) is 4.90 Å². The van der Waals surface area contributed by atoms with E-state index in [4.69, 9.17) is 4.74 Å². The van der Waals surface area contributed by atoms with Crippen LogP contribution in [-0.4, -0.2) is 47.3 Å². The summed E-state index contributed by atoms with van der Waals surface area (Å²) in [5.74, 6) is -0.0472. The van der Waals surface area contributed by atoms with Crippen LogP contribution >= 0.6 is 0 Å². The van der Waals surface area contributed by atoms with Gasteiger partial charge in [-0.2, -0.15) is 0 Å². The summed E-state index contributed by atoms with van der Waals surface area (Å²) in [6.45, 7) is 6.10. The monoisotopic (exact) mass is 201 g/mol. The van der Waals surface area contributed by atoms with Gasteiger partial charge < -0.3 is 14.7 Å². The van der Waals surface area contributed by atoms with Crippen molar-refractivity contribution in [2.24, 2.45) is 0 Å². The van der Waals surface area contributed by atoms with Gasteiger partial charge in [-0.25, -0.2) is 0 Å². The minimum Gasteiger partial charge on any atom is -0.391 e.